The van der Waals surface area contributed by atoms with E-state index in [0.29, 0.717) is 42.6 Å². The normalized spacial score (nSPS) is 17.1. The number of ketones is 1. The Labute approximate surface area is 180 Å². The molecule has 0 spiro atoms. The lowest BCUT2D eigenvalue weighted by atomic mass is 10.00. The lowest BCUT2D eigenvalue weighted by Crippen LogP contribution is -2.51. The Morgan fingerprint density at radius 2 is 2.13 bits per heavy atom. The van der Waals surface area contributed by atoms with Crippen molar-refractivity contribution in [2.75, 3.05) is 24.5 Å². The fourth-order valence-corrected chi connectivity index (χ4v) is 3.81. The van der Waals surface area contributed by atoms with Crippen molar-refractivity contribution in [2.45, 2.75) is 39.4 Å². The monoisotopic (exact) mass is 432 g/mol. The molecule has 3 rings (SSSR count). The molecule has 0 unspecified atom stereocenters. The van der Waals surface area contributed by atoms with E-state index in [4.69, 9.17) is 0 Å². The summed E-state index contributed by atoms with van der Waals surface area (Å²) in [6, 6.07) is 4.01. The fraction of sp³-hybridized carbons (Fsp3) is 0.435. The molecule has 0 bridgehead atoms. The molecule has 1 aliphatic rings. The largest absolute Gasteiger partial charge is 0.418 e. The van der Waals surface area contributed by atoms with Crippen LogP contribution in [0.3, 0.4) is 0 Å². The van der Waals surface area contributed by atoms with E-state index in [-0.39, 0.29) is 11.6 Å². The fourth-order valence-electron chi connectivity index (χ4n) is 3.81. The molecule has 1 atom stereocenters. The summed E-state index contributed by atoms with van der Waals surface area (Å²) in [6.45, 7) is 11.4. The van der Waals surface area contributed by atoms with Crippen LogP contribution in [0.5, 0.6) is 0 Å². The molecule has 1 fully saturated rings. The second kappa shape index (κ2) is 9.18. The van der Waals surface area contributed by atoms with Gasteiger partial charge in [0.2, 0.25) is 5.78 Å². The molecule has 31 heavy (non-hydrogen) atoms. The van der Waals surface area contributed by atoms with Gasteiger partial charge < -0.3 is 10.2 Å². The highest BCUT2D eigenvalue weighted by atomic mass is 19.4. The van der Waals surface area contributed by atoms with Crippen molar-refractivity contribution in [1.29, 1.82) is 0 Å². The number of nitrogens with one attached hydrogen (secondary N) is 1. The number of anilines is 1. The van der Waals surface area contributed by atoms with Crippen LogP contribution >= 0.6 is 0 Å². The molecule has 5 nitrogen and oxygen atoms in total. The average molecular weight is 432 g/mol. The molecule has 0 saturated carbocycles. The van der Waals surface area contributed by atoms with Gasteiger partial charge in [0.25, 0.3) is 0 Å². The lowest BCUT2D eigenvalue weighted by Gasteiger charge is -2.35. The van der Waals surface area contributed by atoms with Gasteiger partial charge in [0.15, 0.2) is 0 Å². The third-order valence-corrected chi connectivity index (χ3v) is 5.32. The third kappa shape index (κ3) is 5.31. The van der Waals surface area contributed by atoms with Crippen LogP contribution in [0.4, 0.5) is 19.0 Å². The summed E-state index contributed by atoms with van der Waals surface area (Å²) in [4.78, 5) is 23.5. The Balaban J connectivity index is 2.02. The van der Waals surface area contributed by atoms with E-state index < -0.39 is 23.2 Å². The number of carbonyl (C=O) groups is 1. The zero-order chi connectivity index (χ0) is 22.8. The molecule has 8 heteroatoms. The predicted molar refractivity (Wildman–Crippen MR) is 115 cm³/mol. The molecule has 3 heterocycles. The molecule has 166 valence electrons. The molecule has 0 radical (unpaired) electrons. The molecule has 0 aliphatic carbocycles. The van der Waals surface area contributed by atoms with Gasteiger partial charge in [0.1, 0.15) is 11.5 Å². The van der Waals surface area contributed by atoms with Crippen molar-refractivity contribution in [3.05, 3.63) is 59.1 Å². The van der Waals surface area contributed by atoms with E-state index >= 15 is 0 Å². The molecular weight excluding hydrogens is 405 g/mol. The quantitative estimate of drug-likeness (QED) is 0.681. The SMILES string of the molecule is C=Cc1cnc(C)c(C(=O)c2nc(N3CCN[C@@H](CC(C)C)C3)ccc2C(F)(F)F)c1. The van der Waals surface area contributed by atoms with E-state index in [1.165, 1.54) is 24.4 Å². The number of halogens is 3. The zero-order valence-electron chi connectivity index (χ0n) is 18.0. The number of rotatable bonds is 6. The van der Waals surface area contributed by atoms with E-state index in [1.807, 2.05) is 4.90 Å². The molecule has 1 saturated heterocycles. The predicted octanol–water partition coefficient (Wildman–Crippen LogP) is 4.50. The Bertz CT molecular complexity index is 972. The van der Waals surface area contributed by atoms with E-state index in [9.17, 15) is 18.0 Å². The summed E-state index contributed by atoms with van der Waals surface area (Å²) >= 11 is 0. The number of alkyl halides is 3. The van der Waals surface area contributed by atoms with Gasteiger partial charge in [0.05, 0.1) is 5.56 Å². The molecule has 1 aliphatic heterocycles. The number of carbonyl (C=O) groups excluding carboxylic acids is 1. The second-order valence-corrected chi connectivity index (χ2v) is 8.22. The number of nitrogens with zero attached hydrogens (tertiary/aromatic N) is 3. The smallest absolute Gasteiger partial charge is 0.354 e. The summed E-state index contributed by atoms with van der Waals surface area (Å²) in [6.07, 6.45) is -0.740. The number of hydrogen-bond acceptors (Lipinski definition) is 5. The summed E-state index contributed by atoms with van der Waals surface area (Å²) in [5.74, 6) is 0.0663. The zero-order valence-corrected chi connectivity index (χ0v) is 18.0. The number of hydrogen-bond donors (Lipinski definition) is 1. The first kappa shape index (κ1) is 22.9. The molecular formula is C23H27F3N4O. The van der Waals surface area contributed by atoms with Crippen molar-refractivity contribution >= 4 is 17.7 Å². The van der Waals surface area contributed by atoms with Gasteiger partial charge in [-0.15, -0.1) is 0 Å². The molecule has 0 aromatic carbocycles. The second-order valence-electron chi connectivity index (χ2n) is 8.22. The van der Waals surface area contributed by atoms with Crippen molar-refractivity contribution in [3.63, 3.8) is 0 Å². The number of piperazine rings is 1. The molecule has 1 N–H and O–H groups in total. The maximum atomic E-state index is 13.7. The number of aryl methyl sites for hydroxylation is 1. The first-order valence-electron chi connectivity index (χ1n) is 10.3. The summed E-state index contributed by atoms with van der Waals surface area (Å²) in [7, 11) is 0. The summed E-state index contributed by atoms with van der Waals surface area (Å²) < 4.78 is 41.1. The Kier molecular flexibility index (Phi) is 6.79. The standard InChI is InChI=1S/C23H27F3N4O/c1-5-16-11-18(15(4)28-12-16)22(31)21-19(23(24,25)26)6-7-20(29-21)30-9-8-27-17(13-30)10-14(2)3/h5-7,11-12,14,17,27H,1,8-10,13H2,2-4H3/t17-/m0/s1. The summed E-state index contributed by atoms with van der Waals surface area (Å²) in [5, 5.41) is 3.44. The molecule has 0 amide bonds. The van der Waals surface area contributed by atoms with Crippen molar-refractivity contribution < 1.29 is 18.0 Å². The lowest BCUT2D eigenvalue weighted by molar-refractivity contribution is -0.138. The van der Waals surface area contributed by atoms with Crippen molar-refractivity contribution in [2.24, 2.45) is 5.92 Å². The third-order valence-electron chi connectivity index (χ3n) is 5.32. The van der Waals surface area contributed by atoms with Gasteiger partial charge in [-0.3, -0.25) is 9.78 Å². The van der Waals surface area contributed by atoms with Gasteiger partial charge in [-0.2, -0.15) is 13.2 Å². The Hall–Kier alpha value is -2.74. The van der Waals surface area contributed by atoms with Crippen LogP contribution in [0.25, 0.3) is 6.08 Å². The van der Waals surface area contributed by atoms with Gasteiger partial charge in [-0.25, -0.2) is 4.98 Å². The van der Waals surface area contributed by atoms with Crippen molar-refractivity contribution in [3.8, 4) is 0 Å². The number of aromatic nitrogens is 2. The van der Waals surface area contributed by atoms with Crippen LogP contribution < -0.4 is 10.2 Å². The minimum Gasteiger partial charge on any atom is -0.354 e. The Morgan fingerprint density at radius 3 is 2.77 bits per heavy atom. The minimum atomic E-state index is -4.70. The van der Waals surface area contributed by atoms with E-state index in [0.717, 1.165) is 12.5 Å². The van der Waals surface area contributed by atoms with E-state index in [1.54, 1.807) is 6.92 Å². The first-order chi connectivity index (χ1) is 14.6. The number of pyridine rings is 2. The molecule has 2 aromatic rings. The highest BCUT2D eigenvalue weighted by molar-refractivity contribution is 6.09. The maximum absolute atomic E-state index is 13.7. The van der Waals surface area contributed by atoms with Gasteiger partial charge in [-0.05, 0) is 43.0 Å². The highest BCUT2D eigenvalue weighted by Gasteiger charge is 2.37. The van der Waals surface area contributed by atoms with Gasteiger partial charge in [-0.1, -0.05) is 26.5 Å². The Morgan fingerprint density at radius 1 is 1.39 bits per heavy atom. The minimum absolute atomic E-state index is 0.0885. The first-order valence-corrected chi connectivity index (χ1v) is 10.3. The highest BCUT2D eigenvalue weighted by Crippen LogP contribution is 2.34. The summed E-state index contributed by atoms with van der Waals surface area (Å²) in [5.41, 5.74) is -0.661. The van der Waals surface area contributed by atoms with Crippen molar-refractivity contribution in [1.82, 2.24) is 15.3 Å². The maximum Gasteiger partial charge on any atom is 0.418 e. The van der Waals surface area contributed by atoms with Crippen LogP contribution in [0, 0.1) is 12.8 Å². The van der Waals surface area contributed by atoms with Crippen LogP contribution in [0.15, 0.2) is 31.0 Å². The van der Waals surface area contributed by atoms with Gasteiger partial charge >= 0.3 is 6.18 Å². The van der Waals surface area contributed by atoms with Crippen LogP contribution in [-0.4, -0.2) is 41.4 Å². The molecule has 2 aromatic heterocycles. The van der Waals surface area contributed by atoms with Crippen LogP contribution in [-0.2, 0) is 6.18 Å². The van der Waals surface area contributed by atoms with Gasteiger partial charge in [0, 0.05) is 43.1 Å². The van der Waals surface area contributed by atoms with Crippen LogP contribution in [0.1, 0.15) is 53.1 Å². The van der Waals surface area contributed by atoms with Crippen LogP contribution in [0.2, 0.25) is 0 Å². The topological polar surface area (TPSA) is 58.1 Å². The van der Waals surface area contributed by atoms with E-state index in [2.05, 4.69) is 35.7 Å². The average Bonchev–Trinajstić information content (AvgIpc) is 2.72.